The molecule has 3 aliphatic rings. The molecular formula is C26H28N4O3. The molecule has 2 aliphatic heterocycles. The van der Waals surface area contributed by atoms with Crippen LogP contribution in [0, 0.1) is 5.92 Å². The fourth-order valence-corrected chi connectivity index (χ4v) is 5.08. The summed E-state index contributed by atoms with van der Waals surface area (Å²) in [5.41, 5.74) is 5.54. The summed E-state index contributed by atoms with van der Waals surface area (Å²) in [6.45, 7) is 6.57. The molecule has 2 aromatic heterocycles. The van der Waals surface area contributed by atoms with E-state index in [0.29, 0.717) is 18.9 Å². The summed E-state index contributed by atoms with van der Waals surface area (Å²) in [6, 6.07) is 8.19. The van der Waals surface area contributed by atoms with Gasteiger partial charge in [0.25, 0.3) is 0 Å². The fourth-order valence-electron chi connectivity index (χ4n) is 5.08. The molecule has 7 heteroatoms. The van der Waals surface area contributed by atoms with Crippen molar-refractivity contribution < 1.29 is 14.3 Å². The van der Waals surface area contributed by atoms with Crippen LogP contribution in [-0.4, -0.2) is 34.1 Å². The molecule has 0 spiro atoms. The van der Waals surface area contributed by atoms with Gasteiger partial charge in [-0.15, -0.1) is 0 Å². The molecule has 6 rings (SSSR count). The van der Waals surface area contributed by atoms with Gasteiger partial charge in [-0.25, -0.2) is 4.52 Å². The third kappa shape index (κ3) is 3.29. The Labute approximate surface area is 192 Å². The number of hydrogen-bond donors (Lipinski definition) is 2. The van der Waals surface area contributed by atoms with Gasteiger partial charge in [-0.1, -0.05) is 12.1 Å². The molecule has 3 aromatic rings. The van der Waals surface area contributed by atoms with Crippen molar-refractivity contribution in [3.8, 4) is 16.9 Å². The first-order chi connectivity index (χ1) is 15.8. The van der Waals surface area contributed by atoms with E-state index in [4.69, 9.17) is 4.74 Å². The molecule has 1 aromatic carbocycles. The van der Waals surface area contributed by atoms with Crippen LogP contribution in [0.25, 0.3) is 16.6 Å². The zero-order valence-corrected chi connectivity index (χ0v) is 19.1. The number of carbonyl (C=O) groups excluding carboxylic acids is 2. The molecule has 2 fully saturated rings. The van der Waals surface area contributed by atoms with Gasteiger partial charge in [0.15, 0.2) is 0 Å². The van der Waals surface area contributed by atoms with Gasteiger partial charge in [-0.2, -0.15) is 5.10 Å². The van der Waals surface area contributed by atoms with Crippen molar-refractivity contribution in [3.05, 3.63) is 47.8 Å². The fraction of sp³-hybridized carbons (Fsp3) is 0.423. The van der Waals surface area contributed by atoms with Gasteiger partial charge in [0, 0.05) is 41.9 Å². The highest BCUT2D eigenvalue weighted by molar-refractivity contribution is 6.06. The van der Waals surface area contributed by atoms with E-state index in [-0.39, 0.29) is 23.8 Å². The van der Waals surface area contributed by atoms with Crippen LogP contribution in [0.2, 0.25) is 0 Å². The van der Waals surface area contributed by atoms with E-state index in [9.17, 15) is 9.59 Å². The third-order valence-electron chi connectivity index (χ3n) is 7.45. The first kappa shape index (κ1) is 20.3. The zero-order chi connectivity index (χ0) is 22.9. The van der Waals surface area contributed by atoms with Crippen LogP contribution in [0.1, 0.15) is 57.1 Å². The number of carbonyl (C=O) groups is 2. The molecule has 1 aliphatic carbocycles. The monoisotopic (exact) mass is 444 g/mol. The number of ether oxygens (including phenoxy) is 1. The minimum absolute atomic E-state index is 0.0174. The second kappa shape index (κ2) is 7.07. The van der Waals surface area contributed by atoms with E-state index in [1.807, 2.05) is 49.8 Å². The van der Waals surface area contributed by atoms with E-state index in [1.165, 1.54) is 18.4 Å². The lowest BCUT2D eigenvalue weighted by Gasteiger charge is -2.21. The third-order valence-corrected chi connectivity index (χ3v) is 7.45. The Bertz CT molecular complexity index is 1300. The summed E-state index contributed by atoms with van der Waals surface area (Å²) in [5.74, 6) is 1.58. The van der Waals surface area contributed by atoms with Crippen LogP contribution >= 0.6 is 0 Å². The number of aromatic nitrogens is 2. The number of anilines is 1. The largest absolute Gasteiger partial charge is 0.488 e. The SMILES string of the molecule is C[C@@H](Oc1cc(-c2ccc3c(c2)NC(=O)C3(C)C)cn2ncc(C3CC3)c12)C1CNC(=O)C1. The molecule has 1 saturated heterocycles. The maximum Gasteiger partial charge on any atom is 0.234 e. The van der Waals surface area contributed by atoms with Crippen molar-refractivity contribution in [2.45, 2.75) is 57.5 Å². The van der Waals surface area contributed by atoms with Crippen molar-refractivity contribution in [1.29, 1.82) is 0 Å². The van der Waals surface area contributed by atoms with Crippen molar-refractivity contribution in [2.75, 3.05) is 11.9 Å². The van der Waals surface area contributed by atoms with Gasteiger partial charge in [-0.3, -0.25) is 9.59 Å². The van der Waals surface area contributed by atoms with Crippen molar-refractivity contribution in [1.82, 2.24) is 14.9 Å². The number of amides is 2. The van der Waals surface area contributed by atoms with Crippen LogP contribution < -0.4 is 15.4 Å². The Morgan fingerprint density at radius 1 is 1.18 bits per heavy atom. The van der Waals surface area contributed by atoms with Gasteiger partial charge in [0.05, 0.1) is 11.6 Å². The van der Waals surface area contributed by atoms with Crippen LogP contribution in [0.4, 0.5) is 5.69 Å². The molecule has 1 unspecified atom stereocenters. The van der Waals surface area contributed by atoms with Crippen LogP contribution in [0.15, 0.2) is 36.7 Å². The van der Waals surface area contributed by atoms with E-state index < -0.39 is 5.41 Å². The lowest BCUT2D eigenvalue weighted by Crippen LogP contribution is -2.26. The Balaban J connectivity index is 1.42. The highest BCUT2D eigenvalue weighted by Gasteiger charge is 2.38. The quantitative estimate of drug-likeness (QED) is 0.623. The number of benzene rings is 1. The van der Waals surface area contributed by atoms with Crippen LogP contribution in [0.5, 0.6) is 5.75 Å². The number of pyridine rings is 1. The average molecular weight is 445 g/mol. The minimum Gasteiger partial charge on any atom is -0.488 e. The second-order valence-corrected chi connectivity index (χ2v) is 10.2. The molecule has 4 heterocycles. The Kier molecular flexibility index (Phi) is 4.34. The summed E-state index contributed by atoms with van der Waals surface area (Å²) in [5, 5.41) is 10.6. The standard InChI is InChI=1S/C26H28N4O3/c1-14(17-10-23(31)27-11-17)33-22-9-18(13-30-24(22)19(12-28-30)15-4-5-15)16-6-7-20-21(8-16)29-25(32)26(20,2)3/h6-9,12-15,17H,4-5,10-11H2,1-3H3,(H,27,31)(H,29,32)/t14-,17?/m1/s1. The van der Waals surface area contributed by atoms with Gasteiger partial charge < -0.3 is 15.4 Å². The van der Waals surface area contributed by atoms with Gasteiger partial charge in [0.2, 0.25) is 11.8 Å². The number of nitrogens with zero attached hydrogens (tertiary/aromatic N) is 2. The number of hydrogen-bond acceptors (Lipinski definition) is 4. The molecule has 1 saturated carbocycles. The summed E-state index contributed by atoms with van der Waals surface area (Å²) in [7, 11) is 0. The molecule has 0 bridgehead atoms. The lowest BCUT2D eigenvalue weighted by atomic mass is 9.85. The Morgan fingerprint density at radius 2 is 2.00 bits per heavy atom. The van der Waals surface area contributed by atoms with E-state index in [1.54, 1.807) is 0 Å². The first-order valence-corrected chi connectivity index (χ1v) is 11.7. The number of rotatable bonds is 5. The molecule has 7 nitrogen and oxygen atoms in total. The normalized spacial score (nSPS) is 22.2. The number of fused-ring (bicyclic) bond motifs is 2. The average Bonchev–Trinajstić information content (AvgIpc) is 3.30. The summed E-state index contributed by atoms with van der Waals surface area (Å²) in [6.07, 6.45) is 6.74. The van der Waals surface area contributed by atoms with Crippen LogP contribution in [0.3, 0.4) is 0 Å². The van der Waals surface area contributed by atoms with Gasteiger partial charge in [0.1, 0.15) is 17.4 Å². The molecule has 2 atom stereocenters. The van der Waals surface area contributed by atoms with E-state index in [2.05, 4.69) is 27.9 Å². The lowest BCUT2D eigenvalue weighted by molar-refractivity contribution is -0.120. The topological polar surface area (TPSA) is 84.7 Å². The van der Waals surface area contributed by atoms with E-state index >= 15 is 0 Å². The van der Waals surface area contributed by atoms with E-state index in [0.717, 1.165) is 33.6 Å². The van der Waals surface area contributed by atoms with Crippen molar-refractivity contribution in [2.24, 2.45) is 5.92 Å². The summed E-state index contributed by atoms with van der Waals surface area (Å²) >= 11 is 0. The predicted octanol–water partition coefficient (Wildman–Crippen LogP) is 4.01. The molecule has 170 valence electrons. The minimum atomic E-state index is -0.532. The molecule has 0 radical (unpaired) electrons. The Hall–Kier alpha value is -3.35. The second-order valence-electron chi connectivity index (χ2n) is 10.2. The van der Waals surface area contributed by atoms with Gasteiger partial charge in [-0.05, 0) is 62.8 Å². The first-order valence-electron chi connectivity index (χ1n) is 11.7. The van der Waals surface area contributed by atoms with Crippen molar-refractivity contribution in [3.63, 3.8) is 0 Å². The molecule has 2 N–H and O–H groups in total. The van der Waals surface area contributed by atoms with Crippen LogP contribution in [-0.2, 0) is 15.0 Å². The highest BCUT2D eigenvalue weighted by atomic mass is 16.5. The number of nitrogens with one attached hydrogen (secondary N) is 2. The molecule has 2 amide bonds. The molecular weight excluding hydrogens is 416 g/mol. The predicted molar refractivity (Wildman–Crippen MR) is 125 cm³/mol. The maximum atomic E-state index is 12.4. The zero-order valence-electron chi connectivity index (χ0n) is 19.1. The highest BCUT2D eigenvalue weighted by Crippen LogP contribution is 2.45. The summed E-state index contributed by atoms with van der Waals surface area (Å²) < 4.78 is 8.43. The molecule has 33 heavy (non-hydrogen) atoms. The Morgan fingerprint density at radius 3 is 2.73 bits per heavy atom. The van der Waals surface area contributed by atoms with Crippen molar-refractivity contribution >= 4 is 23.0 Å². The smallest absolute Gasteiger partial charge is 0.234 e. The summed E-state index contributed by atoms with van der Waals surface area (Å²) in [4.78, 5) is 24.1. The van der Waals surface area contributed by atoms with Gasteiger partial charge >= 0.3 is 0 Å². The maximum absolute atomic E-state index is 12.4.